The first-order chi connectivity index (χ1) is 18.3. The van der Waals surface area contributed by atoms with Crippen molar-refractivity contribution in [3.05, 3.63) is 98.4 Å². The minimum Gasteiger partial charge on any atom is -0.490 e. The van der Waals surface area contributed by atoms with Crippen molar-refractivity contribution in [1.82, 2.24) is 4.90 Å². The molecule has 1 aliphatic heterocycles. The molecule has 0 aliphatic carbocycles. The monoisotopic (exact) mass is 611 g/mol. The third-order valence-electron chi connectivity index (χ3n) is 5.88. The number of nitrogens with zero attached hydrogens (tertiary/aromatic N) is 1. The molecule has 0 saturated carbocycles. The van der Waals surface area contributed by atoms with Gasteiger partial charge in [0.1, 0.15) is 10.9 Å². The predicted molar refractivity (Wildman–Crippen MR) is 157 cm³/mol. The maximum absolute atomic E-state index is 13.5. The average Bonchev–Trinajstić information content (AvgIpc) is 3.17. The van der Waals surface area contributed by atoms with Crippen molar-refractivity contribution >= 4 is 62.2 Å². The highest BCUT2D eigenvalue weighted by molar-refractivity contribution is 9.10. The lowest BCUT2D eigenvalue weighted by molar-refractivity contribution is -0.148. The third kappa shape index (κ3) is 6.11. The second kappa shape index (κ2) is 12.6. The second-order valence-corrected chi connectivity index (χ2v) is 10.9. The lowest BCUT2D eigenvalue weighted by atomic mass is 10.1. The zero-order chi connectivity index (χ0) is 27.2. The third-order valence-corrected chi connectivity index (χ3v) is 7.80. The van der Waals surface area contributed by atoms with Gasteiger partial charge in [-0.15, -0.1) is 0 Å². The molecule has 1 amide bonds. The number of hydrogen-bond acceptors (Lipinski definition) is 7. The number of amides is 1. The molecule has 0 spiro atoms. The summed E-state index contributed by atoms with van der Waals surface area (Å²) in [5.74, 6) is 0.196. The summed E-state index contributed by atoms with van der Waals surface area (Å²) in [7, 11) is 1.29. The van der Waals surface area contributed by atoms with Gasteiger partial charge in [-0.1, -0.05) is 78.6 Å². The Morgan fingerprint density at radius 1 is 1.11 bits per heavy atom. The maximum atomic E-state index is 13.5. The summed E-state index contributed by atoms with van der Waals surface area (Å²) in [5, 5.41) is 0. The van der Waals surface area contributed by atoms with Crippen LogP contribution < -0.4 is 9.47 Å². The molecule has 0 N–H and O–H groups in total. The molecule has 1 fully saturated rings. The van der Waals surface area contributed by atoms with Gasteiger partial charge in [-0.3, -0.25) is 9.69 Å². The number of methoxy groups -OCH3 is 1. The van der Waals surface area contributed by atoms with Gasteiger partial charge in [0.15, 0.2) is 17.5 Å². The number of carbonyl (C=O) groups is 2. The van der Waals surface area contributed by atoms with Crippen LogP contribution in [0.4, 0.5) is 0 Å². The van der Waals surface area contributed by atoms with E-state index < -0.39 is 12.0 Å². The fourth-order valence-electron chi connectivity index (χ4n) is 3.99. The molecule has 6 nitrogen and oxygen atoms in total. The molecule has 3 aromatic rings. The first kappa shape index (κ1) is 27.9. The first-order valence-electron chi connectivity index (χ1n) is 11.9. The van der Waals surface area contributed by atoms with Crippen LogP contribution >= 0.6 is 39.9 Å². The Morgan fingerprint density at radius 3 is 2.50 bits per heavy atom. The molecule has 0 aromatic heterocycles. The first-order valence-corrected chi connectivity index (χ1v) is 13.9. The summed E-state index contributed by atoms with van der Waals surface area (Å²) in [6, 6.07) is 19.7. The number of benzene rings is 3. The predicted octanol–water partition coefficient (Wildman–Crippen LogP) is 6.85. The number of rotatable bonds is 9. The molecule has 196 valence electrons. The largest absolute Gasteiger partial charge is 0.490 e. The molecule has 0 bridgehead atoms. The van der Waals surface area contributed by atoms with Crippen LogP contribution in [0.15, 0.2) is 76.1 Å². The Kier molecular flexibility index (Phi) is 9.25. The van der Waals surface area contributed by atoms with Crippen LogP contribution in [-0.4, -0.2) is 34.8 Å². The van der Waals surface area contributed by atoms with Gasteiger partial charge in [-0.2, -0.15) is 0 Å². The molecule has 38 heavy (non-hydrogen) atoms. The number of ether oxygens (including phenoxy) is 3. The molecule has 3 aromatic carbocycles. The molecular formula is C29H26BrNO5S2. The van der Waals surface area contributed by atoms with E-state index in [1.807, 2.05) is 56.3 Å². The lowest BCUT2D eigenvalue weighted by Gasteiger charge is -2.24. The fourth-order valence-corrected chi connectivity index (χ4v) is 5.87. The fraction of sp³-hybridized carbons (Fsp3) is 0.207. The van der Waals surface area contributed by atoms with Crippen LogP contribution in [0.2, 0.25) is 0 Å². The Morgan fingerprint density at radius 2 is 1.82 bits per heavy atom. The molecule has 1 saturated heterocycles. The minimum atomic E-state index is -0.970. The molecule has 1 aliphatic rings. The summed E-state index contributed by atoms with van der Waals surface area (Å²) in [6.45, 7) is 4.76. The molecule has 1 heterocycles. The smallest absolute Gasteiger partial charge is 0.333 e. The average molecular weight is 613 g/mol. The summed E-state index contributed by atoms with van der Waals surface area (Å²) in [6.07, 6.45) is 1.73. The van der Waals surface area contributed by atoms with Gasteiger partial charge in [0.05, 0.1) is 23.1 Å². The standard InChI is InChI=1S/C29H26BrNO5S2/c1-4-35-23-15-19(14-22(30)26(23)36-17-21-13-9-8-10-18(21)2)16-24-27(32)31(29(37)38-24)25(28(33)34-3)20-11-6-5-7-12-20/h5-16,25H,4,17H2,1-3H3/b24-16-. The van der Waals surface area contributed by atoms with Crippen molar-refractivity contribution in [1.29, 1.82) is 0 Å². The number of carbonyl (C=O) groups excluding carboxylic acids is 2. The highest BCUT2D eigenvalue weighted by atomic mass is 79.9. The topological polar surface area (TPSA) is 65.1 Å². The van der Waals surface area contributed by atoms with Crippen LogP contribution in [0, 0.1) is 6.92 Å². The van der Waals surface area contributed by atoms with Crippen molar-refractivity contribution < 1.29 is 23.8 Å². The Hall–Kier alpha value is -3.14. The number of thioether (sulfide) groups is 1. The summed E-state index contributed by atoms with van der Waals surface area (Å²) >= 11 is 10.3. The van der Waals surface area contributed by atoms with E-state index >= 15 is 0 Å². The molecule has 1 atom stereocenters. The molecule has 9 heteroatoms. The highest BCUT2D eigenvalue weighted by Gasteiger charge is 2.41. The minimum absolute atomic E-state index is 0.280. The van der Waals surface area contributed by atoms with E-state index in [0.717, 1.165) is 28.5 Å². The van der Waals surface area contributed by atoms with Crippen molar-refractivity contribution in [3.8, 4) is 11.5 Å². The van der Waals surface area contributed by atoms with Crippen LogP contribution in [0.25, 0.3) is 6.08 Å². The number of halogens is 1. The lowest BCUT2D eigenvalue weighted by Crippen LogP contribution is -2.37. The molecular weight excluding hydrogens is 586 g/mol. The van der Waals surface area contributed by atoms with Crippen molar-refractivity contribution in [2.45, 2.75) is 26.5 Å². The second-order valence-electron chi connectivity index (χ2n) is 8.37. The molecule has 1 unspecified atom stereocenters. The number of esters is 1. The van der Waals surface area contributed by atoms with E-state index in [0.29, 0.717) is 39.7 Å². The van der Waals surface area contributed by atoms with Crippen LogP contribution in [0.3, 0.4) is 0 Å². The SMILES string of the molecule is CCOc1cc(/C=C2\SC(=S)N(C(C(=O)OC)c3ccccc3)C2=O)cc(Br)c1OCc1ccccc1C. The van der Waals surface area contributed by atoms with Crippen LogP contribution in [0.1, 0.15) is 35.2 Å². The van der Waals surface area contributed by atoms with Gasteiger partial charge in [-0.05, 0) is 70.2 Å². The zero-order valence-corrected chi connectivity index (χ0v) is 24.3. The van der Waals surface area contributed by atoms with Crippen molar-refractivity contribution in [2.24, 2.45) is 0 Å². The van der Waals surface area contributed by atoms with E-state index in [1.54, 1.807) is 30.3 Å². The van der Waals surface area contributed by atoms with Crippen LogP contribution in [0.5, 0.6) is 11.5 Å². The summed E-state index contributed by atoms with van der Waals surface area (Å²) in [5.41, 5.74) is 3.56. The van der Waals surface area contributed by atoms with Gasteiger partial charge in [0.2, 0.25) is 0 Å². The van der Waals surface area contributed by atoms with E-state index in [2.05, 4.69) is 15.9 Å². The maximum Gasteiger partial charge on any atom is 0.333 e. The molecule has 0 radical (unpaired) electrons. The number of thiocarbonyl (C=S) groups is 1. The van der Waals surface area contributed by atoms with Crippen molar-refractivity contribution in [3.63, 3.8) is 0 Å². The zero-order valence-electron chi connectivity index (χ0n) is 21.1. The van der Waals surface area contributed by atoms with Gasteiger partial charge < -0.3 is 14.2 Å². The van der Waals surface area contributed by atoms with Crippen molar-refractivity contribution in [2.75, 3.05) is 13.7 Å². The summed E-state index contributed by atoms with van der Waals surface area (Å²) < 4.78 is 18.0. The van der Waals surface area contributed by atoms with Gasteiger partial charge in [0.25, 0.3) is 5.91 Å². The Balaban J connectivity index is 1.63. The van der Waals surface area contributed by atoms with E-state index in [1.165, 1.54) is 12.0 Å². The summed E-state index contributed by atoms with van der Waals surface area (Å²) in [4.78, 5) is 27.9. The number of aryl methyl sites for hydroxylation is 1. The van der Waals surface area contributed by atoms with Gasteiger partial charge in [-0.25, -0.2) is 4.79 Å². The van der Waals surface area contributed by atoms with E-state index in [-0.39, 0.29) is 10.2 Å². The Labute approximate surface area is 240 Å². The van der Waals surface area contributed by atoms with E-state index in [4.69, 9.17) is 26.4 Å². The Bertz CT molecular complexity index is 1390. The quantitative estimate of drug-likeness (QED) is 0.149. The molecule has 4 rings (SSSR count). The number of hydrogen-bond donors (Lipinski definition) is 0. The van der Waals surface area contributed by atoms with Gasteiger partial charge in [0, 0.05) is 0 Å². The van der Waals surface area contributed by atoms with Crippen LogP contribution in [-0.2, 0) is 20.9 Å². The normalized spacial score (nSPS) is 15.1. The highest BCUT2D eigenvalue weighted by Crippen LogP contribution is 2.41. The van der Waals surface area contributed by atoms with Gasteiger partial charge >= 0.3 is 5.97 Å². The van der Waals surface area contributed by atoms with E-state index in [9.17, 15) is 9.59 Å².